The van der Waals surface area contributed by atoms with Gasteiger partial charge in [-0.25, -0.2) is 0 Å². The Labute approximate surface area is 102 Å². The molecule has 0 N–H and O–H groups in total. The quantitative estimate of drug-likeness (QED) is 0.420. The number of amides is 1. The van der Waals surface area contributed by atoms with Crippen LogP contribution in [0.4, 0.5) is 0 Å². The van der Waals surface area contributed by atoms with E-state index in [1.165, 1.54) is 32.1 Å². The summed E-state index contributed by atoms with van der Waals surface area (Å²) in [5.41, 5.74) is 8.25. The van der Waals surface area contributed by atoms with E-state index in [2.05, 4.69) is 10.0 Å². The van der Waals surface area contributed by atoms with E-state index in [1.54, 1.807) is 0 Å². The summed E-state index contributed by atoms with van der Waals surface area (Å²) in [7, 11) is 0. The Hall–Kier alpha value is -1.22. The topological polar surface area (TPSA) is 69.1 Å². The second-order valence-electron chi connectivity index (χ2n) is 5.20. The van der Waals surface area contributed by atoms with Gasteiger partial charge in [-0.05, 0) is 17.9 Å². The smallest absolute Gasteiger partial charge is 0.222 e. The van der Waals surface area contributed by atoms with E-state index in [-0.39, 0.29) is 11.9 Å². The maximum Gasteiger partial charge on any atom is 0.222 e. The fourth-order valence-corrected chi connectivity index (χ4v) is 2.77. The molecule has 1 amide bonds. The molecular formula is C12H20N4O. The van der Waals surface area contributed by atoms with Gasteiger partial charge in [-0.2, -0.15) is 0 Å². The minimum Gasteiger partial charge on any atom is -0.342 e. The zero-order valence-corrected chi connectivity index (χ0v) is 10.2. The molecule has 1 heterocycles. The third-order valence-electron chi connectivity index (χ3n) is 3.92. The molecule has 1 saturated carbocycles. The van der Waals surface area contributed by atoms with Gasteiger partial charge in [0.15, 0.2) is 0 Å². The van der Waals surface area contributed by atoms with Crippen molar-refractivity contribution in [2.45, 2.75) is 51.0 Å². The van der Waals surface area contributed by atoms with Crippen LogP contribution in [0, 0.1) is 5.92 Å². The van der Waals surface area contributed by atoms with Crippen molar-refractivity contribution in [3.63, 3.8) is 0 Å². The third kappa shape index (κ3) is 3.37. The number of azide groups is 1. The Morgan fingerprint density at radius 1 is 1.29 bits per heavy atom. The number of hydrogen-bond acceptors (Lipinski definition) is 2. The molecule has 0 bridgehead atoms. The lowest BCUT2D eigenvalue weighted by Crippen LogP contribution is -2.52. The van der Waals surface area contributed by atoms with E-state index in [1.807, 2.05) is 4.90 Å². The largest absolute Gasteiger partial charge is 0.342 e. The van der Waals surface area contributed by atoms with Crippen molar-refractivity contribution in [3.05, 3.63) is 10.4 Å². The summed E-state index contributed by atoms with van der Waals surface area (Å²) in [5.74, 6) is 1.00. The first-order chi connectivity index (χ1) is 8.29. The van der Waals surface area contributed by atoms with Gasteiger partial charge in [-0.15, -0.1) is 0 Å². The summed E-state index contributed by atoms with van der Waals surface area (Å²) in [6.07, 6.45) is 8.35. The van der Waals surface area contributed by atoms with Crippen molar-refractivity contribution in [3.8, 4) is 0 Å². The van der Waals surface area contributed by atoms with Gasteiger partial charge in [0.2, 0.25) is 5.91 Å². The molecule has 1 aliphatic carbocycles. The summed E-state index contributed by atoms with van der Waals surface area (Å²) in [4.78, 5) is 16.4. The van der Waals surface area contributed by atoms with Gasteiger partial charge in [0.25, 0.3) is 0 Å². The van der Waals surface area contributed by atoms with Crippen LogP contribution < -0.4 is 0 Å². The number of carbonyl (C=O) groups excluding carboxylic acids is 1. The first-order valence-corrected chi connectivity index (χ1v) is 6.61. The highest BCUT2D eigenvalue weighted by atomic mass is 16.2. The lowest BCUT2D eigenvalue weighted by Gasteiger charge is -2.37. The van der Waals surface area contributed by atoms with Crippen molar-refractivity contribution >= 4 is 5.91 Å². The highest BCUT2D eigenvalue weighted by Crippen LogP contribution is 2.27. The predicted molar refractivity (Wildman–Crippen MR) is 65.3 cm³/mol. The van der Waals surface area contributed by atoms with E-state index >= 15 is 0 Å². The third-order valence-corrected chi connectivity index (χ3v) is 3.92. The molecule has 1 saturated heterocycles. The predicted octanol–water partition coefficient (Wildman–Crippen LogP) is 2.87. The maximum absolute atomic E-state index is 11.8. The summed E-state index contributed by atoms with van der Waals surface area (Å²) < 4.78 is 0. The molecule has 0 aromatic rings. The van der Waals surface area contributed by atoms with Gasteiger partial charge in [0.1, 0.15) is 0 Å². The van der Waals surface area contributed by atoms with Crippen LogP contribution in [0.3, 0.4) is 0 Å². The molecule has 1 aliphatic heterocycles. The molecular weight excluding hydrogens is 216 g/mol. The summed E-state index contributed by atoms with van der Waals surface area (Å²) in [6.45, 7) is 1.24. The molecule has 5 heteroatoms. The maximum atomic E-state index is 11.8. The van der Waals surface area contributed by atoms with Crippen molar-refractivity contribution in [2.24, 2.45) is 11.0 Å². The molecule has 0 aromatic carbocycles. The first kappa shape index (κ1) is 12.2. The minimum absolute atomic E-state index is 0.0126. The molecule has 0 spiro atoms. The molecule has 0 atom stereocenters. The molecule has 94 valence electrons. The lowest BCUT2D eigenvalue weighted by atomic mass is 9.86. The molecule has 0 aromatic heterocycles. The van der Waals surface area contributed by atoms with Gasteiger partial charge in [-0.1, -0.05) is 37.2 Å². The molecule has 2 rings (SSSR count). The van der Waals surface area contributed by atoms with Crippen LogP contribution in [0.25, 0.3) is 10.4 Å². The monoisotopic (exact) mass is 236 g/mol. The Kier molecular flexibility index (Phi) is 4.26. The number of hydrogen-bond donors (Lipinski definition) is 0. The van der Waals surface area contributed by atoms with Crippen molar-refractivity contribution in [2.75, 3.05) is 13.1 Å². The Balaban J connectivity index is 1.63. The summed E-state index contributed by atoms with van der Waals surface area (Å²) in [6, 6.07) is 0.0126. The SMILES string of the molecule is [N-]=[N+]=NC1CN(C(=O)CCC2CCCCC2)C1. The average Bonchev–Trinajstić information content (AvgIpc) is 2.31. The fraction of sp³-hybridized carbons (Fsp3) is 0.917. The minimum atomic E-state index is 0.0126. The molecule has 5 nitrogen and oxygen atoms in total. The Morgan fingerprint density at radius 3 is 2.65 bits per heavy atom. The Morgan fingerprint density at radius 2 is 2.00 bits per heavy atom. The van der Waals surface area contributed by atoms with Gasteiger partial charge in [0.05, 0.1) is 6.04 Å². The second-order valence-corrected chi connectivity index (χ2v) is 5.20. The summed E-state index contributed by atoms with van der Waals surface area (Å²) in [5, 5.41) is 3.60. The molecule has 0 radical (unpaired) electrons. The van der Waals surface area contributed by atoms with Crippen molar-refractivity contribution in [1.29, 1.82) is 0 Å². The van der Waals surface area contributed by atoms with Crippen LogP contribution in [0.1, 0.15) is 44.9 Å². The van der Waals surface area contributed by atoms with Crippen LogP contribution in [0.2, 0.25) is 0 Å². The van der Waals surface area contributed by atoms with Crippen LogP contribution in [-0.4, -0.2) is 29.9 Å². The molecule has 17 heavy (non-hydrogen) atoms. The zero-order chi connectivity index (χ0) is 12.1. The number of likely N-dealkylation sites (tertiary alicyclic amines) is 1. The fourth-order valence-electron chi connectivity index (χ4n) is 2.77. The van der Waals surface area contributed by atoms with E-state index in [0.717, 1.165) is 12.3 Å². The average molecular weight is 236 g/mol. The highest BCUT2D eigenvalue weighted by Gasteiger charge is 2.29. The van der Waals surface area contributed by atoms with Gasteiger partial charge in [0, 0.05) is 24.4 Å². The van der Waals surface area contributed by atoms with E-state index in [9.17, 15) is 4.79 Å². The lowest BCUT2D eigenvalue weighted by molar-refractivity contribution is -0.135. The molecule has 0 unspecified atom stereocenters. The van der Waals surface area contributed by atoms with Crippen LogP contribution in [-0.2, 0) is 4.79 Å². The van der Waals surface area contributed by atoms with E-state index in [4.69, 9.17) is 5.53 Å². The van der Waals surface area contributed by atoms with Crippen LogP contribution in [0.5, 0.6) is 0 Å². The molecule has 2 aliphatic rings. The zero-order valence-electron chi connectivity index (χ0n) is 10.2. The van der Waals surface area contributed by atoms with E-state index < -0.39 is 0 Å². The number of carbonyl (C=O) groups is 1. The van der Waals surface area contributed by atoms with Crippen molar-refractivity contribution in [1.82, 2.24) is 4.90 Å². The van der Waals surface area contributed by atoms with Gasteiger partial charge < -0.3 is 4.90 Å². The van der Waals surface area contributed by atoms with Crippen LogP contribution >= 0.6 is 0 Å². The van der Waals surface area contributed by atoms with Crippen LogP contribution in [0.15, 0.2) is 5.11 Å². The standard InChI is InChI=1S/C12H20N4O/c13-15-14-11-8-16(9-11)12(17)7-6-10-4-2-1-3-5-10/h10-11H,1-9H2. The van der Waals surface area contributed by atoms with Crippen molar-refractivity contribution < 1.29 is 4.79 Å². The molecule has 2 fully saturated rings. The number of rotatable bonds is 4. The first-order valence-electron chi connectivity index (χ1n) is 6.61. The summed E-state index contributed by atoms with van der Waals surface area (Å²) >= 11 is 0. The van der Waals surface area contributed by atoms with Gasteiger partial charge >= 0.3 is 0 Å². The Bertz CT molecular complexity index is 312. The highest BCUT2D eigenvalue weighted by molar-refractivity contribution is 5.77. The second kappa shape index (κ2) is 5.92. The normalized spacial score (nSPS) is 21.8. The number of nitrogens with zero attached hydrogens (tertiary/aromatic N) is 4. The van der Waals surface area contributed by atoms with E-state index in [0.29, 0.717) is 19.5 Å². The van der Waals surface area contributed by atoms with Gasteiger partial charge in [-0.3, -0.25) is 4.79 Å².